The highest BCUT2D eigenvalue weighted by Gasteiger charge is 2.41. The largest absolute Gasteiger partial charge is 0.355 e. The van der Waals surface area contributed by atoms with Crippen molar-refractivity contribution < 1.29 is 0 Å². The average Bonchev–Trinajstić information content (AvgIpc) is 3.14. The number of piperazine rings is 1. The first kappa shape index (κ1) is 16.1. The second-order valence-corrected chi connectivity index (χ2v) is 7.70. The number of hydrogen-bond donors (Lipinski definition) is 1. The fourth-order valence-electron chi connectivity index (χ4n) is 4.51. The lowest BCUT2D eigenvalue weighted by atomic mass is 9.86. The lowest BCUT2D eigenvalue weighted by Gasteiger charge is -2.38. The molecule has 1 aliphatic carbocycles. The molecule has 0 aromatic heterocycles. The molecule has 3 fully saturated rings. The molecule has 0 bridgehead atoms. The molecule has 1 atom stereocenters. The van der Waals surface area contributed by atoms with Crippen molar-refractivity contribution in [3.05, 3.63) is 0 Å². The zero-order valence-corrected chi connectivity index (χ0v) is 14.6. The van der Waals surface area contributed by atoms with E-state index >= 15 is 0 Å². The van der Waals surface area contributed by atoms with E-state index in [9.17, 15) is 0 Å². The Labute approximate surface area is 135 Å². The van der Waals surface area contributed by atoms with Gasteiger partial charge in [-0.2, -0.15) is 0 Å². The molecule has 0 aromatic carbocycles. The molecule has 1 spiro atoms. The van der Waals surface area contributed by atoms with Crippen LogP contribution >= 0.6 is 0 Å². The van der Waals surface area contributed by atoms with Crippen LogP contribution in [0.25, 0.3) is 0 Å². The molecule has 2 aliphatic heterocycles. The van der Waals surface area contributed by atoms with Crippen LogP contribution in [0.4, 0.5) is 0 Å². The van der Waals surface area contributed by atoms with Crippen LogP contribution in [0.3, 0.4) is 0 Å². The first-order valence-electron chi connectivity index (χ1n) is 8.96. The van der Waals surface area contributed by atoms with E-state index in [-0.39, 0.29) is 0 Å². The standard InChI is InChI=1S/C17H33N5/c1-18-16(19-12-15-13-20(2)10-11-21(15)3)22-9-8-17(14-22)6-4-5-7-17/h15H,4-14H2,1-3H3,(H,18,19). The van der Waals surface area contributed by atoms with Crippen molar-refractivity contribution in [3.8, 4) is 0 Å². The summed E-state index contributed by atoms with van der Waals surface area (Å²) in [6.45, 7) is 6.87. The normalized spacial score (nSPS) is 30.4. The summed E-state index contributed by atoms with van der Waals surface area (Å²) in [4.78, 5) is 12.0. The molecular weight excluding hydrogens is 274 g/mol. The Morgan fingerprint density at radius 3 is 2.64 bits per heavy atom. The van der Waals surface area contributed by atoms with Gasteiger partial charge in [0.15, 0.2) is 5.96 Å². The van der Waals surface area contributed by atoms with Crippen LogP contribution in [0, 0.1) is 5.41 Å². The quantitative estimate of drug-likeness (QED) is 0.611. The minimum atomic E-state index is 0.582. The maximum atomic E-state index is 4.55. The van der Waals surface area contributed by atoms with Crippen LogP contribution in [0.2, 0.25) is 0 Å². The number of likely N-dealkylation sites (N-methyl/N-ethyl adjacent to an activating group) is 2. The monoisotopic (exact) mass is 307 g/mol. The van der Waals surface area contributed by atoms with Crippen molar-refractivity contribution in [3.63, 3.8) is 0 Å². The van der Waals surface area contributed by atoms with Gasteiger partial charge in [0.25, 0.3) is 0 Å². The summed E-state index contributed by atoms with van der Waals surface area (Å²) in [6, 6.07) is 0.582. The fourth-order valence-corrected chi connectivity index (χ4v) is 4.51. The Bertz CT molecular complexity index is 402. The lowest BCUT2D eigenvalue weighted by Crippen LogP contribution is -2.55. The highest BCUT2D eigenvalue weighted by atomic mass is 15.3. The third-order valence-electron chi connectivity index (χ3n) is 6.09. The van der Waals surface area contributed by atoms with E-state index in [1.165, 1.54) is 51.7 Å². The molecular formula is C17H33N5. The molecule has 3 aliphatic rings. The Morgan fingerprint density at radius 2 is 1.91 bits per heavy atom. The molecule has 0 amide bonds. The number of guanidine groups is 1. The van der Waals surface area contributed by atoms with Gasteiger partial charge in [-0.1, -0.05) is 12.8 Å². The van der Waals surface area contributed by atoms with E-state index in [1.54, 1.807) is 0 Å². The van der Waals surface area contributed by atoms with E-state index in [2.05, 4.69) is 39.1 Å². The van der Waals surface area contributed by atoms with Crippen molar-refractivity contribution in [1.29, 1.82) is 0 Å². The maximum absolute atomic E-state index is 4.55. The molecule has 0 radical (unpaired) electrons. The third kappa shape index (κ3) is 3.40. The first-order chi connectivity index (χ1) is 10.6. The smallest absolute Gasteiger partial charge is 0.193 e. The minimum absolute atomic E-state index is 0.582. The van der Waals surface area contributed by atoms with Gasteiger partial charge in [-0.25, -0.2) is 0 Å². The van der Waals surface area contributed by atoms with Gasteiger partial charge in [0, 0.05) is 52.4 Å². The number of hydrogen-bond acceptors (Lipinski definition) is 3. The van der Waals surface area contributed by atoms with Crippen molar-refractivity contribution in [2.75, 3.05) is 60.4 Å². The Hall–Kier alpha value is -0.810. The van der Waals surface area contributed by atoms with E-state index in [0.29, 0.717) is 11.5 Å². The Balaban J connectivity index is 1.52. The van der Waals surface area contributed by atoms with Gasteiger partial charge in [0.1, 0.15) is 0 Å². The number of likely N-dealkylation sites (tertiary alicyclic amines) is 1. The summed E-state index contributed by atoms with van der Waals surface area (Å²) in [5.74, 6) is 1.12. The molecule has 0 aromatic rings. The van der Waals surface area contributed by atoms with Crippen LogP contribution in [-0.2, 0) is 0 Å². The van der Waals surface area contributed by atoms with Crippen LogP contribution in [0.1, 0.15) is 32.1 Å². The average molecular weight is 307 g/mol. The molecule has 1 N–H and O–H groups in total. The van der Waals surface area contributed by atoms with E-state index in [0.717, 1.165) is 25.6 Å². The summed E-state index contributed by atoms with van der Waals surface area (Å²) in [7, 11) is 6.39. The first-order valence-corrected chi connectivity index (χ1v) is 8.96. The fraction of sp³-hybridized carbons (Fsp3) is 0.941. The topological polar surface area (TPSA) is 34.1 Å². The highest BCUT2D eigenvalue weighted by molar-refractivity contribution is 5.80. The molecule has 2 heterocycles. The zero-order valence-electron chi connectivity index (χ0n) is 14.6. The van der Waals surface area contributed by atoms with Crippen LogP contribution in [0.15, 0.2) is 4.99 Å². The van der Waals surface area contributed by atoms with Gasteiger partial charge < -0.3 is 15.1 Å². The number of rotatable bonds is 2. The van der Waals surface area contributed by atoms with Crippen molar-refractivity contribution >= 4 is 5.96 Å². The summed E-state index contributed by atoms with van der Waals surface area (Å²) >= 11 is 0. The number of aliphatic imine (C=N–C) groups is 1. The second-order valence-electron chi connectivity index (χ2n) is 7.70. The van der Waals surface area contributed by atoms with Crippen molar-refractivity contribution in [2.24, 2.45) is 10.4 Å². The lowest BCUT2D eigenvalue weighted by molar-refractivity contribution is 0.116. The molecule has 5 nitrogen and oxygen atoms in total. The van der Waals surface area contributed by atoms with Crippen LogP contribution in [0.5, 0.6) is 0 Å². The molecule has 2 saturated heterocycles. The minimum Gasteiger partial charge on any atom is -0.355 e. The Morgan fingerprint density at radius 1 is 1.14 bits per heavy atom. The van der Waals surface area contributed by atoms with E-state index in [4.69, 9.17) is 0 Å². The number of nitrogens with zero attached hydrogens (tertiary/aromatic N) is 4. The van der Waals surface area contributed by atoms with Gasteiger partial charge in [0.2, 0.25) is 0 Å². The van der Waals surface area contributed by atoms with Gasteiger partial charge >= 0.3 is 0 Å². The van der Waals surface area contributed by atoms with E-state index < -0.39 is 0 Å². The van der Waals surface area contributed by atoms with Gasteiger partial charge in [0.05, 0.1) is 0 Å². The summed E-state index contributed by atoms with van der Waals surface area (Å²) in [5, 5.41) is 3.65. The van der Waals surface area contributed by atoms with Crippen LogP contribution in [-0.4, -0.2) is 87.1 Å². The third-order valence-corrected chi connectivity index (χ3v) is 6.09. The SMILES string of the molecule is CN=C(NCC1CN(C)CCN1C)N1CCC2(CCCC2)C1. The van der Waals surface area contributed by atoms with Crippen LogP contribution < -0.4 is 5.32 Å². The van der Waals surface area contributed by atoms with Crippen molar-refractivity contribution in [1.82, 2.24) is 20.0 Å². The maximum Gasteiger partial charge on any atom is 0.193 e. The van der Waals surface area contributed by atoms with Gasteiger partial charge in [-0.05, 0) is 38.8 Å². The number of nitrogens with one attached hydrogen (secondary N) is 1. The predicted octanol–water partition coefficient (Wildman–Crippen LogP) is 1.07. The van der Waals surface area contributed by atoms with E-state index in [1.807, 2.05) is 7.05 Å². The predicted molar refractivity (Wildman–Crippen MR) is 92.4 cm³/mol. The Kier molecular flexibility index (Phi) is 4.93. The molecule has 126 valence electrons. The summed E-state index contributed by atoms with van der Waals surface area (Å²) < 4.78 is 0. The molecule has 1 unspecified atom stereocenters. The van der Waals surface area contributed by atoms with Gasteiger partial charge in [-0.3, -0.25) is 9.89 Å². The summed E-state index contributed by atoms with van der Waals surface area (Å²) in [5.41, 5.74) is 0.611. The second kappa shape index (κ2) is 6.75. The highest BCUT2D eigenvalue weighted by Crippen LogP contribution is 2.45. The van der Waals surface area contributed by atoms with Crippen molar-refractivity contribution in [2.45, 2.75) is 38.1 Å². The molecule has 1 saturated carbocycles. The summed E-state index contributed by atoms with van der Waals surface area (Å²) in [6.07, 6.45) is 7.07. The zero-order chi connectivity index (χ0) is 15.6. The van der Waals surface area contributed by atoms with Gasteiger partial charge in [-0.15, -0.1) is 0 Å². The molecule has 22 heavy (non-hydrogen) atoms. The molecule has 5 heteroatoms. The molecule has 3 rings (SSSR count).